The third-order valence-electron chi connectivity index (χ3n) is 2.01. The van der Waals surface area contributed by atoms with E-state index in [-0.39, 0.29) is 5.91 Å². The van der Waals surface area contributed by atoms with Crippen LogP contribution < -0.4 is 5.31 Å². The van der Waals surface area contributed by atoms with E-state index in [9.17, 15) is 4.79 Å². The van der Waals surface area contributed by atoms with Crippen LogP contribution in [0.4, 0.5) is 5.69 Å². The maximum atomic E-state index is 11.9. The van der Waals surface area contributed by atoms with Gasteiger partial charge in [-0.2, -0.15) is 0 Å². The first-order valence-corrected chi connectivity index (χ1v) is 4.72. The normalized spacial score (nSPS) is 10.5. The van der Waals surface area contributed by atoms with Gasteiger partial charge in [0.2, 0.25) is 0 Å². The molecule has 1 amide bonds. The topological polar surface area (TPSA) is 29.1 Å². The average molecular weight is 198 g/mol. The number of para-hydroxylation sites is 1. The molecule has 1 N–H and O–H groups in total. The van der Waals surface area contributed by atoms with Gasteiger partial charge in [-0.15, -0.1) is 0 Å². The van der Waals surface area contributed by atoms with Crippen molar-refractivity contribution in [3.8, 4) is 0 Å². The Morgan fingerprint density at radius 1 is 0.933 bits per heavy atom. The van der Waals surface area contributed by atoms with E-state index in [4.69, 9.17) is 1.41 Å². The Kier molecular flexibility index (Phi) is 2.43. The van der Waals surface area contributed by atoms with Gasteiger partial charge in [0.05, 0.1) is 0 Å². The van der Waals surface area contributed by atoms with Gasteiger partial charge in [-0.25, -0.2) is 0 Å². The highest BCUT2D eigenvalue weighted by Gasteiger charge is 2.03. The summed E-state index contributed by atoms with van der Waals surface area (Å²) in [7, 11) is 0. The first-order valence-electron chi connectivity index (χ1n) is 5.17. The van der Waals surface area contributed by atoms with Gasteiger partial charge in [-0.3, -0.25) is 4.79 Å². The number of anilines is 1. The molecule has 2 heteroatoms. The molecular weight excluding hydrogens is 186 g/mol. The predicted molar refractivity (Wildman–Crippen MR) is 60.8 cm³/mol. The quantitative estimate of drug-likeness (QED) is 0.789. The fraction of sp³-hybridized carbons (Fsp3) is 0. The summed E-state index contributed by atoms with van der Waals surface area (Å²) in [5.74, 6) is -0.327. The van der Waals surface area contributed by atoms with E-state index in [1.54, 1.807) is 48.5 Å². The summed E-state index contributed by atoms with van der Waals surface area (Å²) in [4.78, 5) is 11.9. The molecule has 0 spiro atoms. The molecule has 2 rings (SSSR count). The second-order valence-electron chi connectivity index (χ2n) is 3.12. The van der Waals surface area contributed by atoms with Crippen molar-refractivity contribution in [1.82, 2.24) is 0 Å². The van der Waals surface area contributed by atoms with E-state index >= 15 is 0 Å². The highest BCUT2D eigenvalue weighted by atomic mass is 16.1. The zero-order chi connectivity index (χ0) is 11.4. The number of hydrogen-bond acceptors (Lipinski definition) is 1. The van der Waals surface area contributed by atoms with Crippen molar-refractivity contribution in [3.05, 3.63) is 66.2 Å². The van der Waals surface area contributed by atoms with Crippen LogP contribution in [0.5, 0.6) is 0 Å². The molecule has 0 saturated heterocycles. The minimum Gasteiger partial charge on any atom is -0.322 e. The zero-order valence-electron chi connectivity index (χ0n) is 9.13. The highest BCUT2D eigenvalue weighted by Crippen LogP contribution is 2.07. The first kappa shape index (κ1) is 8.24. The van der Waals surface area contributed by atoms with Gasteiger partial charge >= 0.3 is 0 Å². The number of carbonyl (C=O) groups is 1. The second kappa shape index (κ2) is 4.42. The Bertz CT molecular complexity index is 470. The lowest BCUT2D eigenvalue weighted by molar-refractivity contribution is 0.102. The van der Waals surface area contributed by atoms with Crippen molar-refractivity contribution in [2.75, 3.05) is 5.31 Å². The molecule has 0 aliphatic carbocycles. The molecule has 2 nitrogen and oxygen atoms in total. The molecular formula is C13H11NO. The van der Waals surface area contributed by atoms with Crippen molar-refractivity contribution in [2.45, 2.75) is 0 Å². The summed E-state index contributed by atoms with van der Waals surface area (Å²) >= 11 is 0. The Labute approximate surface area is 90.0 Å². The van der Waals surface area contributed by atoms with Crippen LogP contribution in [0.1, 0.15) is 10.4 Å². The number of benzene rings is 2. The second-order valence-corrected chi connectivity index (χ2v) is 3.12. The maximum absolute atomic E-state index is 11.9. The monoisotopic (exact) mass is 198 g/mol. The molecule has 0 atom stereocenters. The van der Waals surface area contributed by atoms with Crippen LogP contribution >= 0.6 is 0 Å². The van der Waals surface area contributed by atoms with E-state index in [0.29, 0.717) is 11.3 Å². The molecule has 2 aromatic carbocycles. The number of carbonyl (C=O) groups excluding carboxylic acids is 1. The van der Waals surface area contributed by atoms with Crippen molar-refractivity contribution in [2.24, 2.45) is 0 Å². The molecule has 0 aliphatic rings. The van der Waals surface area contributed by atoms with Crippen LogP contribution in [0.15, 0.2) is 60.7 Å². The molecule has 15 heavy (non-hydrogen) atoms. The van der Waals surface area contributed by atoms with E-state index in [1.165, 1.54) is 0 Å². The summed E-state index contributed by atoms with van der Waals surface area (Å²) < 4.78 is 7.74. The van der Waals surface area contributed by atoms with E-state index < -0.39 is 0 Å². The lowest BCUT2D eigenvalue weighted by Gasteiger charge is -2.03. The van der Waals surface area contributed by atoms with Gasteiger partial charge in [0.15, 0.2) is 1.41 Å². The summed E-state index contributed by atoms with van der Waals surface area (Å²) in [5, 5.41) is 0.898. The molecule has 2 aromatic rings. The van der Waals surface area contributed by atoms with Crippen molar-refractivity contribution in [1.29, 1.82) is 0 Å². The molecule has 0 unspecified atom stereocenters. The molecule has 0 fully saturated rings. The molecule has 0 aromatic heterocycles. The summed E-state index contributed by atoms with van der Waals surface area (Å²) in [6, 6.07) is 17.7. The van der Waals surface area contributed by atoms with Gasteiger partial charge in [0.25, 0.3) is 5.91 Å². The Hall–Kier alpha value is -2.09. The largest absolute Gasteiger partial charge is 0.322 e. The van der Waals surface area contributed by atoms with Gasteiger partial charge in [-0.05, 0) is 24.3 Å². The van der Waals surface area contributed by atoms with Gasteiger partial charge < -0.3 is 5.31 Å². The molecule has 0 radical (unpaired) electrons. The minimum absolute atomic E-state index is 0.327. The van der Waals surface area contributed by atoms with Crippen molar-refractivity contribution >= 4 is 11.6 Å². The Morgan fingerprint density at radius 2 is 1.47 bits per heavy atom. The molecule has 74 valence electrons. The third-order valence-corrected chi connectivity index (χ3v) is 2.01. The lowest BCUT2D eigenvalue weighted by atomic mass is 10.2. The molecule has 0 heterocycles. The van der Waals surface area contributed by atoms with Crippen LogP contribution in [-0.4, -0.2) is 5.91 Å². The minimum atomic E-state index is -0.327. The fourth-order valence-corrected chi connectivity index (χ4v) is 1.27. The molecule has 0 aliphatic heterocycles. The maximum Gasteiger partial charge on any atom is 0.255 e. The first-order chi connectivity index (χ1) is 7.79. The van der Waals surface area contributed by atoms with Crippen molar-refractivity contribution < 1.29 is 6.21 Å². The molecule has 0 saturated carbocycles. The van der Waals surface area contributed by atoms with Crippen LogP contribution in [0, 0.1) is 0 Å². The Balaban J connectivity index is 2.24. The summed E-state index contributed by atoms with van der Waals surface area (Å²) in [5.41, 5.74) is 1.08. The van der Waals surface area contributed by atoms with Crippen molar-refractivity contribution in [3.63, 3.8) is 0 Å². The van der Waals surface area contributed by atoms with E-state index in [2.05, 4.69) is 0 Å². The average Bonchev–Trinajstić information content (AvgIpc) is 2.39. The van der Waals surface area contributed by atoms with E-state index in [1.807, 2.05) is 12.1 Å². The zero-order valence-corrected chi connectivity index (χ0v) is 8.13. The van der Waals surface area contributed by atoms with Gasteiger partial charge in [0.1, 0.15) is 0 Å². The van der Waals surface area contributed by atoms with Crippen LogP contribution in [0.25, 0.3) is 0 Å². The highest BCUT2D eigenvalue weighted by molar-refractivity contribution is 6.04. The SMILES string of the molecule is [2H]N(C(=O)c1ccccc1)c1ccccc1. The fourth-order valence-electron chi connectivity index (χ4n) is 1.27. The number of nitrogens with one attached hydrogen (secondary N) is 1. The summed E-state index contributed by atoms with van der Waals surface area (Å²) in [6.45, 7) is 0. The van der Waals surface area contributed by atoms with Crippen LogP contribution in [0.2, 0.25) is 1.41 Å². The predicted octanol–water partition coefficient (Wildman–Crippen LogP) is 2.94. The molecule has 0 bridgehead atoms. The number of rotatable bonds is 2. The van der Waals surface area contributed by atoms with E-state index in [0.717, 1.165) is 5.31 Å². The van der Waals surface area contributed by atoms with Crippen LogP contribution in [-0.2, 0) is 0 Å². The van der Waals surface area contributed by atoms with Crippen LogP contribution in [0.3, 0.4) is 0 Å². The summed E-state index contributed by atoms with van der Waals surface area (Å²) in [6.07, 6.45) is 0. The lowest BCUT2D eigenvalue weighted by Crippen LogP contribution is -2.11. The standard InChI is InChI=1S/C13H11NO/c15-13(11-7-3-1-4-8-11)14-12-9-5-2-6-10-12/h1-10H,(H,14,15)/i/hD. The third kappa shape index (κ3) is 2.44. The smallest absolute Gasteiger partial charge is 0.255 e. The van der Waals surface area contributed by atoms with Gasteiger partial charge in [-0.1, -0.05) is 36.4 Å². The number of amides is 1. The Morgan fingerprint density at radius 3 is 2.07 bits per heavy atom. The van der Waals surface area contributed by atoms with Gasteiger partial charge in [0, 0.05) is 11.3 Å². The number of hydrogen-bond donors (Lipinski definition) is 1.